The van der Waals surface area contributed by atoms with Gasteiger partial charge in [0.15, 0.2) is 5.82 Å². The zero-order valence-corrected chi connectivity index (χ0v) is 11.5. The average Bonchev–Trinajstić information content (AvgIpc) is 2.81. The summed E-state index contributed by atoms with van der Waals surface area (Å²) in [6.45, 7) is 0. The summed E-state index contributed by atoms with van der Waals surface area (Å²) in [6, 6.07) is 4.08. The minimum atomic E-state index is 0.145. The van der Waals surface area contributed by atoms with Crippen molar-refractivity contribution < 1.29 is 4.52 Å². The van der Waals surface area contributed by atoms with Crippen molar-refractivity contribution in [2.24, 2.45) is 5.73 Å². The smallest absolute Gasteiger partial charge is 0.231 e. The second-order valence-electron chi connectivity index (χ2n) is 5.49. The van der Waals surface area contributed by atoms with E-state index in [-0.39, 0.29) is 12.0 Å². The number of hydrogen-bond donors (Lipinski definition) is 1. The molecule has 0 radical (unpaired) electrons. The molecule has 0 aromatic carbocycles. The Hall–Kier alpha value is -1.75. The molecule has 2 unspecified atom stereocenters. The Morgan fingerprint density at radius 2 is 1.95 bits per heavy atom. The first kappa shape index (κ1) is 13.2. The van der Waals surface area contributed by atoms with Gasteiger partial charge in [0.2, 0.25) is 5.89 Å². The Morgan fingerprint density at radius 3 is 2.80 bits per heavy atom. The van der Waals surface area contributed by atoms with Crippen LogP contribution in [0, 0.1) is 0 Å². The molecule has 5 heteroatoms. The monoisotopic (exact) mass is 272 g/mol. The molecular weight excluding hydrogens is 252 g/mol. The Morgan fingerprint density at radius 1 is 1.15 bits per heavy atom. The minimum absolute atomic E-state index is 0.145. The Labute approximate surface area is 118 Å². The second kappa shape index (κ2) is 6.13. The van der Waals surface area contributed by atoms with Crippen LogP contribution in [0.1, 0.15) is 55.3 Å². The van der Waals surface area contributed by atoms with Gasteiger partial charge in [-0.25, -0.2) is 0 Å². The summed E-state index contributed by atoms with van der Waals surface area (Å²) in [5.74, 6) is 1.65. The Balaban J connectivity index is 1.72. The molecule has 1 saturated carbocycles. The maximum Gasteiger partial charge on any atom is 0.231 e. The van der Waals surface area contributed by atoms with Crippen LogP contribution < -0.4 is 5.73 Å². The van der Waals surface area contributed by atoms with E-state index in [4.69, 9.17) is 10.3 Å². The summed E-state index contributed by atoms with van der Waals surface area (Å²) in [4.78, 5) is 8.55. The lowest BCUT2D eigenvalue weighted by atomic mass is 9.95. The highest BCUT2D eigenvalue weighted by atomic mass is 16.5. The first-order valence-electron chi connectivity index (χ1n) is 7.30. The summed E-state index contributed by atoms with van der Waals surface area (Å²) in [5.41, 5.74) is 7.37. The van der Waals surface area contributed by atoms with Gasteiger partial charge in [0, 0.05) is 24.9 Å². The van der Waals surface area contributed by atoms with E-state index in [0.29, 0.717) is 12.3 Å². The van der Waals surface area contributed by atoms with Gasteiger partial charge in [-0.15, -0.1) is 0 Å². The van der Waals surface area contributed by atoms with Crippen molar-refractivity contribution in [1.29, 1.82) is 0 Å². The molecule has 0 spiro atoms. The molecule has 2 atom stereocenters. The van der Waals surface area contributed by atoms with Gasteiger partial charge in [0.1, 0.15) is 0 Å². The number of pyridine rings is 1. The first-order valence-corrected chi connectivity index (χ1v) is 7.30. The molecule has 0 amide bonds. The van der Waals surface area contributed by atoms with E-state index >= 15 is 0 Å². The lowest BCUT2D eigenvalue weighted by molar-refractivity contribution is 0.323. The maximum atomic E-state index is 6.24. The van der Waals surface area contributed by atoms with Gasteiger partial charge in [0.05, 0.1) is 5.92 Å². The van der Waals surface area contributed by atoms with E-state index in [9.17, 15) is 0 Å². The summed E-state index contributed by atoms with van der Waals surface area (Å²) in [5, 5.41) is 4.09. The molecule has 1 aliphatic carbocycles. The fourth-order valence-electron chi connectivity index (χ4n) is 2.82. The first-order chi connectivity index (χ1) is 9.83. The molecule has 0 saturated heterocycles. The molecule has 0 aliphatic heterocycles. The van der Waals surface area contributed by atoms with Crippen LogP contribution in [0.25, 0.3) is 0 Å². The van der Waals surface area contributed by atoms with Crippen LogP contribution >= 0.6 is 0 Å². The van der Waals surface area contributed by atoms with Gasteiger partial charge in [0.25, 0.3) is 0 Å². The summed E-state index contributed by atoms with van der Waals surface area (Å²) in [6.07, 6.45) is 9.98. The van der Waals surface area contributed by atoms with Gasteiger partial charge in [-0.05, 0) is 30.5 Å². The fraction of sp³-hybridized carbons (Fsp3) is 0.533. The van der Waals surface area contributed by atoms with E-state index in [2.05, 4.69) is 15.1 Å². The van der Waals surface area contributed by atoms with Crippen LogP contribution in [0.15, 0.2) is 29.0 Å². The van der Waals surface area contributed by atoms with Crippen molar-refractivity contribution in [2.75, 3.05) is 0 Å². The number of aromatic nitrogens is 3. The van der Waals surface area contributed by atoms with Crippen molar-refractivity contribution in [3.05, 3.63) is 41.8 Å². The molecule has 1 fully saturated rings. The summed E-state index contributed by atoms with van der Waals surface area (Å²) in [7, 11) is 0. The average molecular weight is 272 g/mol. The molecule has 1 aliphatic rings. The molecule has 2 aromatic rings. The van der Waals surface area contributed by atoms with Crippen LogP contribution in [-0.2, 0) is 6.42 Å². The molecule has 3 rings (SSSR count). The van der Waals surface area contributed by atoms with Gasteiger partial charge < -0.3 is 10.3 Å². The minimum Gasteiger partial charge on any atom is -0.339 e. The van der Waals surface area contributed by atoms with Crippen molar-refractivity contribution in [1.82, 2.24) is 15.1 Å². The number of rotatable bonds is 3. The van der Waals surface area contributed by atoms with Crippen LogP contribution in [0.5, 0.6) is 0 Å². The molecule has 2 heterocycles. The lowest BCUT2D eigenvalue weighted by Gasteiger charge is -2.16. The third-order valence-corrected chi connectivity index (χ3v) is 3.98. The molecular formula is C15H20N4O. The van der Waals surface area contributed by atoms with Crippen LogP contribution in [0.4, 0.5) is 0 Å². The van der Waals surface area contributed by atoms with E-state index in [0.717, 1.165) is 24.2 Å². The van der Waals surface area contributed by atoms with Crippen LogP contribution in [0.3, 0.4) is 0 Å². The third-order valence-electron chi connectivity index (χ3n) is 3.98. The van der Waals surface area contributed by atoms with Crippen LogP contribution in [-0.4, -0.2) is 21.2 Å². The van der Waals surface area contributed by atoms with Crippen molar-refractivity contribution >= 4 is 0 Å². The molecule has 106 valence electrons. The third kappa shape index (κ3) is 3.04. The predicted molar refractivity (Wildman–Crippen MR) is 75.1 cm³/mol. The fourth-order valence-corrected chi connectivity index (χ4v) is 2.82. The number of nitrogens with two attached hydrogens (primary N) is 1. The standard InChI is InChI=1S/C15H20N4O/c16-13-5-3-1-2-4-12(13)15-18-14(19-20-15)10-11-6-8-17-9-7-11/h6-9,12-13H,1-5,10,16H2. The zero-order valence-electron chi connectivity index (χ0n) is 11.5. The quantitative estimate of drug-likeness (QED) is 0.868. The largest absolute Gasteiger partial charge is 0.339 e. The highest BCUT2D eigenvalue weighted by Crippen LogP contribution is 2.30. The predicted octanol–water partition coefficient (Wildman–Crippen LogP) is 2.43. The molecule has 2 N–H and O–H groups in total. The van der Waals surface area contributed by atoms with E-state index in [1.807, 2.05) is 12.1 Å². The Bertz CT molecular complexity index is 540. The van der Waals surface area contributed by atoms with Crippen molar-refractivity contribution in [3.8, 4) is 0 Å². The lowest BCUT2D eigenvalue weighted by Crippen LogP contribution is -2.27. The van der Waals surface area contributed by atoms with Crippen molar-refractivity contribution in [3.63, 3.8) is 0 Å². The summed E-state index contributed by atoms with van der Waals surface area (Å²) < 4.78 is 5.45. The van der Waals surface area contributed by atoms with Gasteiger partial charge in [-0.2, -0.15) is 4.98 Å². The van der Waals surface area contributed by atoms with Gasteiger partial charge in [-0.1, -0.05) is 24.4 Å². The normalized spacial score (nSPS) is 23.4. The highest BCUT2D eigenvalue weighted by Gasteiger charge is 2.27. The molecule has 2 aromatic heterocycles. The van der Waals surface area contributed by atoms with E-state index in [1.54, 1.807) is 12.4 Å². The topological polar surface area (TPSA) is 77.8 Å². The van der Waals surface area contributed by atoms with Crippen molar-refractivity contribution in [2.45, 2.75) is 50.5 Å². The molecule has 0 bridgehead atoms. The van der Waals surface area contributed by atoms with Gasteiger partial charge in [-0.3, -0.25) is 4.98 Å². The molecule has 5 nitrogen and oxygen atoms in total. The van der Waals surface area contributed by atoms with Crippen LogP contribution in [0.2, 0.25) is 0 Å². The number of nitrogens with zero attached hydrogens (tertiary/aromatic N) is 3. The Kier molecular flexibility index (Phi) is 4.06. The SMILES string of the molecule is NC1CCCCCC1c1nc(Cc2ccncc2)no1. The highest BCUT2D eigenvalue weighted by molar-refractivity contribution is 5.15. The van der Waals surface area contributed by atoms with E-state index in [1.165, 1.54) is 19.3 Å². The summed E-state index contributed by atoms with van der Waals surface area (Å²) >= 11 is 0. The second-order valence-corrected chi connectivity index (χ2v) is 5.49. The maximum absolute atomic E-state index is 6.24. The molecule has 20 heavy (non-hydrogen) atoms. The van der Waals surface area contributed by atoms with Gasteiger partial charge >= 0.3 is 0 Å². The zero-order chi connectivity index (χ0) is 13.8. The van der Waals surface area contributed by atoms with E-state index < -0.39 is 0 Å². The number of hydrogen-bond acceptors (Lipinski definition) is 5.